The van der Waals surface area contributed by atoms with Gasteiger partial charge in [-0.15, -0.1) is 11.3 Å². The Labute approximate surface area is 139 Å². The van der Waals surface area contributed by atoms with Crippen LogP contribution in [0.1, 0.15) is 34.5 Å². The first-order valence-corrected chi connectivity index (χ1v) is 9.75. The molecule has 23 heavy (non-hydrogen) atoms. The van der Waals surface area contributed by atoms with Crippen molar-refractivity contribution < 1.29 is 22.7 Å². The number of thiophene rings is 1. The summed E-state index contributed by atoms with van der Waals surface area (Å²) in [5, 5.41) is 0.432. The standard InChI is InChI=1S/C15H17NO5S2/c1-16-15-12(13(17)10-23(16,18)19)9-11(22-15)5-4-8-21-14-6-2-3-7-20-14/h9,14H,2-3,6-8,10H2,1H3. The molecule has 1 aromatic rings. The van der Waals surface area contributed by atoms with Crippen LogP contribution in [-0.4, -0.2) is 46.5 Å². The number of rotatable bonds is 2. The Morgan fingerprint density at radius 1 is 1.48 bits per heavy atom. The minimum Gasteiger partial charge on any atom is -0.353 e. The van der Waals surface area contributed by atoms with E-state index in [1.807, 2.05) is 0 Å². The number of fused-ring (bicyclic) bond motifs is 1. The number of hydrogen-bond donors (Lipinski definition) is 0. The molecule has 0 spiro atoms. The van der Waals surface area contributed by atoms with Crippen LogP contribution < -0.4 is 4.31 Å². The van der Waals surface area contributed by atoms with Gasteiger partial charge in [0.1, 0.15) is 17.4 Å². The molecule has 2 aliphatic heterocycles. The molecule has 1 fully saturated rings. The molecule has 0 amide bonds. The van der Waals surface area contributed by atoms with Crippen LogP contribution in [0.3, 0.4) is 0 Å². The molecule has 3 rings (SSSR count). The quantitative estimate of drug-likeness (QED) is 0.754. The summed E-state index contributed by atoms with van der Waals surface area (Å²) >= 11 is 1.20. The lowest BCUT2D eigenvalue weighted by atomic mass is 10.2. The zero-order valence-electron chi connectivity index (χ0n) is 12.7. The lowest BCUT2D eigenvalue weighted by Gasteiger charge is -2.22. The summed E-state index contributed by atoms with van der Waals surface area (Å²) in [6.07, 6.45) is 2.86. The maximum absolute atomic E-state index is 11.9. The average molecular weight is 355 g/mol. The molecule has 1 atom stereocenters. The molecule has 0 saturated carbocycles. The maximum Gasteiger partial charge on any atom is 0.243 e. The predicted molar refractivity (Wildman–Crippen MR) is 87.3 cm³/mol. The summed E-state index contributed by atoms with van der Waals surface area (Å²) in [5.74, 6) is 4.95. The fourth-order valence-electron chi connectivity index (χ4n) is 2.44. The Morgan fingerprint density at radius 3 is 3.04 bits per heavy atom. The van der Waals surface area contributed by atoms with Crippen LogP contribution in [0.4, 0.5) is 5.00 Å². The van der Waals surface area contributed by atoms with Crippen LogP contribution in [-0.2, 0) is 19.5 Å². The Bertz CT molecular complexity index is 766. The molecular weight excluding hydrogens is 338 g/mol. The van der Waals surface area contributed by atoms with Gasteiger partial charge in [-0.3, -0.25) is 9.10 Å². The lowest BCUT2D eigenvalue weighted by Crippen LogP contribution is -2.36. The molecule has 8 heteroatoms. The van der Waals surface area contributed by atoms with Gasteiger partial charge in [0.2, 0.25) is 10.0 Å². The van der Waals surface area contributed by atoms with Crippen LogP contribution in [0.5, 0.6) is 0 Å². The molecular formula is C15H17NO5S2. The van der Waals surface area contributed by atoms with Gasteiger partial charge in [0.05, 0.1) is 10.4 Å². The number of hydrogen-bond acceptors (Lipinski definition) is 6. The van der Waals surface area contributed by atoms with Gasteiger partial charge in [-0.2, -0.15) is 0 Å². The average Bonchev–Trinajstić information content (AvgIpc) is 2.95. The van der Waals surface area contributed by atoms with E-state index < -0.39 is 15.8 Å². The highest BCUT2D eigenvalue weighted by Gasteiger charge is 2.34. The molecule has 124 valence electrons. The topological polar surface area (TPSA) is 72.9 Å². The lowest BCUT2D eigenvalue weighted by molar-refractivity contribution is -0.154. The van der Waals surface area contributed by atoms with E-state index in [4.69, 9.17) is 9.47 Å². The first-order chi connectivity index (χ1) is 11.0. The largest absolute Gasteiger partial charge is 0.353 e. The van der Waals surface area contributed by atoms with Crippen LogP contribution in [0.25, 0.3) is 0 Å². The minimum absolute atomic E-state index is 0.188. The van der Waals surface area contributed by atoms with Gasteiger partial charge in [0, 0.05) is 13.7 Å². The molecule has 0 aromatic carbocycles. The van der Waals surface area contributed by atoms with Crippen LogP contribution in [0.2, 0.25) is 0 Å². The molecule has 0 bridgehead atoms. The normalized spacial score (nSPS) is 23.1. The molecule has 1 unspecified atom stereocenters. The Morgan fingerprint density at radius 2 is 2.30 bits per heavy atom. The van der Waals surface area contributed by atoms with Crippen molar-refractivity contribution in [2.24, 2.45) is 0 Å². The van der Waals surface area contributed by atoms with Crippen molar-refractivity contribution in [1.29, 1.82) is 0 Å². The number of carbonyl (C=O) groups excluding carboxylic acids is 1. The summed E-state index contributed by atoms with van der Waals surface area (Å²) in [6.45, 7) is 0.966. The van der Waals surface area contributed by atoms with E-state index in [0.717, 1.165) is 30.2 Å². The van der Waals surface area contributed by atoms with Gasteiger partial charge in [0.15, 0.2) is 12.1 Å². The van der Waals surface area contributed by atoms with Crippen molar-refractivity contribution in [2.45, 2.75) is 25.6 Å². The van der Waals surface area contributed by atoms with E-state index in [0.29, 0.717) is 15.4 Å². The second-order valence-electron chi connectivity index (χ2n) is 5.39. The van der Waals surface area contributed by atoms with E-state index in [1.54, 1.807) is 6.07 Å². The third kappa shape index (κ3) is 3.58. The van der Waals surface area contributed by atoms with Gasteiger partial charge in [-0.1, -0.05) is 11.8 Å². The van der Waals surface area contributed by atoms with E-state index in [-0.39, 0.29) is 18.7 Å². The van der Waals surface area contributed by atoms with Crippen molar-refractivity contribution in [1.82, 2.24) is 0 Å². The summed E-state index contributed by atoms with van der Waals surface area (Å²) in [5.41, 5.74) is 0.424. The maximum atomic E-state index is 11.9. The minimum atomic E-state index is -3.55. The highest BCUT2D eigenvalue weighted by atomic mass is 32.2. The second kappa shape index (κ2) is 6.61. The van der Waals surface area contributed by atoms with E-state index in [1.165, 1.54) is 18.4 Å². The zero-order valence-corrected chi connectivity index (χ0v) is 14.3. The van der Waals surface area contributed by atoms with Crippen LogP contribution in [0, 0.1) is 11.8 Å². The summed E-state index contributed by atoms with van der Waals surface area (Å²) in [6, 6.07) is 1.65. The summed E-state index contributed by atoms with van der Waals surface area (Å²) < 4.78 is 35.8. The van der Waals surface area contributed by atoms with Crippen molar-refractivity contribution in [2.75, 3.05) is 30.3 Å². The SMILES string of the molecule is CN1c2sc(C#CCOC3CCCCO3)cc2C(=O)CS1(=O)=O. The summed E-state index contributed by atoms with van der Waals surface area (Å²) in [7, 11) is -2.09. The molecule has 1 saturated heterocycles. The number of anilines is 1. The molecule has 1 aromatic heterocycles. The number of ether oxygens (including phenoxy) is 2. The Balaban J connectivity index is 1.68. The van der Waals surface area contributed by atoms with E-state index >= 15 is 0 Å². The molecule has 0 aliphatic carbocycles. The first-order valence-electron chi connectivity index (χ1n) is 7.33. The number of ketones is 1. The van der Waals surface area contributed by atoms with Crippen molar-refractivity contribution in [3.05, 3.63) is 16.5 Å². The molecule has 6 nitrogen and oxygen atoms in total. The monoisotopic (exact) mass is 355 g/mol. The number of nitrogens with zero attached hydrogens (tertiary/aromatic N) is 1. The van der Waals surface area contributed by atoms with E-state index in [2.05, 4.69) is 11.8 Å². The number of sulfonamides is 1. The van der Waals surface area contributed by atoms with Gasteiger partial charge in [-0.25, -0.2) is 8.42 Å². The fourth-order valence-corrected chi connectivity index (χ4v) is 4.85. The van der Waals surface area contributed by atoms with Gasteiger partial charge >= 0.3 is 0 Å². The van der Waals surface area contributed by atoms with Gasteiger partial charge in [0.25, 0.3) is 0 Å². The molecule has 3 heterocycles. The number of carbonyl (C=O) groups is 1. The Kier molecular flexibility index (Phi) is 4.73. The van der Waals surface area contributed by atoms with Crippen molar-refractivity contribution in [3.8, 4) is 11.8 Å². The first kappa shape index (κ1) is 16.5. The molecule has 0 N–H and O–H groups in total. The van der Waals surface area contributed by atoms with Crippen LogP contribution in [0.15, 0.2) is 6.07 Å². The number of Topliss-reactive ketones (excluding diaryl/α,β-unsaturated/α-hetero) is 1. The van der Waals surface area contributed by atoms with Crippen molar-refractivity contribution in [3.63, 3.8) is 0 Å². The summed E-state index contributed by atoms with van der Waals surface area (Å²) in [4.78, 5) is 12.6. The molecule has 2 aliphatic rings. The molecule has 0 radical (unpaired) electrons. The van der Waals surface area contributed by atoms with E-state index in [9.17, 15) is 13.2 Å². The van der Waals surface area contributed by atoms with Gasteiger partial charge in [-0.05, 0) is 25.3 Å². The highest BCUT2D eigenvalue weighted by molar-refractivity contribution is 7.93. The Hall–Kier alpha value is -1.40. The van der Waals surface area contributed by atoms with Crippen LogP contribution >= 0.6 is 11.3 Å². The zero-order chi connectivity index (χ0) is 16.4. The predicted octanol–water partition coefficient (Wildman–Crippen LogP) is 1.61. The third-order valence-electron chi connectivity index (χ3n) is 3.72. The smallest absolute Gasteiger partial charge is 0.243 e. The second-order valence-corrected chi connectivity index (χ2v) is 8.42. The van der Waals surface area contributed by atoms with Crippen molar-refractivity contribution >= 4 is 32.1 Å². The third-order valence-corrected chi connectivity index (χ3v) is 6.61. The fraction of sp³-hybridized carbons (Fsp3) is 0.533. The van der Waals surface area contributed by atoms with Gasteiger partial charge < -0.3 is 9.47 Å². The highest BCUT2D eigenvalue weighted by Crippen LogP contribution is 2.36.